The molecule has 4 aromatic rings. The van der Waals surface area contributed by atoms with Gasteiger partial charge in [-0.1, -0.05) is 60.7 Å². The van der Waals surface area contributed by atoms with Crippen LogP contribution in [0.2, 0.25) is 0 Å². The van der Waals surface area contributed by atoms with Crippen LogP contribution in [-0.2, 0) is 22.7 Å². The fraction of sp³-hybridized carbons (Fsp3) is 0.343. The van der Waals surface area contributed by atoms with Gasteiger partial charge in [0.2, 0.25) is 11.8 Å². The Bertz CT molecular complexity index is 1440. The first-order chi connectivity index (χ1) is 20.3. The zero-order chi connectivity index (χ0) is 29.4. The number of ether oxygens (including phenoxy) is 3. The number of nitrogens with zero attached hydrogens (tertiary/aromatic N) is 3. The first kappa shape index (κ1) is 29.1. The third kappa shape index (κ3) is 8.32. The second kappa shape index (κ2) is 13.5. The zero-order valence-corrected chi connectivity index (χ0v) is 24.7. The standard InChI is InChI=1S/C35H39N3O4/c1-35(2,3)42-33(39)19-14-26-20-21-38(23-26)31-17-15-29(22-36-31)30-16-18-32(40-24-27-10-6-4-7-11-27)37-34(30)41-25-28-12-8-5-9-13-28/h4-13,15-18,22,26H,14,19-21,23-25H2,1-3H3. The van der Waals surface area contributed by atoms with Gasteiger partial charge in [-0.25, -0.2) is 4.98 Å². The quantitative estimate of drug-likeness (QED) is 0.177. The van der Waals surface area contributed by atoms with Gasteiger partial charge < -0.3 is 19.1 Å². The van der Waals surface area contributed by atoms with Crippen LogP contribution < -0.4 is 14.4 Å². The van der Waals surface area contributed by atoms with E-state index >= 15 is 0 Å². The van der Waals surface area contributed by atoms with E-state index < -0.39 is 5.60 Å². The molecule has 3 heterocycles. The molecular formula is C35H39N3O4. The van der Waals surface area contributed by atoms with Crippen molar-refractivity contribution < 1.29 is 19.0 Å². The van der Waals surface area contributed by atoms with E-state index in [4.69, 9.17) is 24.2 Å². The maximum atomic E-state index is 12.1. The predicted octanol–water partition coefficient (Wildman–Crippen LogP) is 7.25. The molecular weight excluding hydrogens is 526 g/mol. The Balaban J connectivity index is 1.25. The highest BCUT2D eigenvalue weighted by molar-refractivity contribution is 5.70. The van der Waals surface area contributed by atoms with Crippen LogP contribution in [0.1, 0.15) is 51.2 Å². The number of benzene rings is 2. The van der Waals surface area contributed by atoms with Crippen LogP contribution in [0.15, 0.2) is 91.1 Å². The van der Waals surface area contributed by atoms with Gasteiger partial charge >= 0.3 is 5.97 Å². The monoisotopic (exact) mass is 565 g/mol. The Kier molecular flexibility index (Phi) is 9.37. The number of carbonyl (C=O) groups excluding carboxylic acids is 1. The van der Waals surface area contributed by atoms with Crippen molar-refractivity contribution in [1.29, 1.82) is 0 Å². The van der Waals surface area contributed by atoms with Crippen molar-refractivity contribution in [2.24, 2.45) is 5.92 Å². The molecule has 1 saturated heterocycles. The fourth-order valence-electron chi connectivity index (χ4n) is 5.01. The third-order valence-corrected chi connectivity index (χ3v) is 7.13. The number of carbonyl (C=O) groups is 1. The van der Waals surface area contributed by atoms with Gasteiger partial charge in [0, 0.05) is 42.9 Å². The first-order valence-corrected chi connectivity index (χ1v) is 14.6. The molecule has 0 spiro atoms. The van der Waals surface area contributed by atoms with E-state index in [1.807, 2.05) is 106 Å². The second-order valence-corrected chi connectivity index (χ2v) is 11.7. The number of esters is 1. The lowest BCUT2D eigenvalue weighted by molar-refractivity contribution is -0.155. The van der Waals surface area contributed by atoms with E-state index in [2.05, 4.69) is 11.0 Å². The van der Waals surface area contributed by atoms with Crippen molar-refractivity contribution in [2.75, 3.05) is 18.0 Å². The summed E-state index contributed by atoms with van der Waals surface area (Å²) in [5.41, 5.74) is 3.47. The SMILES string of the molecule is CC(C)(C)OC(=O)CCC1CCN(c2ccc(-c3ccc(OCc4ccccc4)nc3OCc3ccccc3)cn2)C1. The maximum Gasteiger partial charge on any atom is 0.306 e. The van der Waals surface area contributed by atoms with Gasteiger partial charge in [0.15, 0.2) is 0 Å². The summed E-state index contributed by atoms with van der Waals surface area (Å²) in [6.07, 6.45) is 4.19. The summed E-state index contributed by atoms with van der Waals surface area (Å²) in [6, 6.07) is 28.0. The summed E-state index contributed by atoms with van der Waals surface area (Å²) in [7, 11) is 0. The molecule has 0 radical (unpaired) electrons. The van der Waals surface area contributed by atoms with Gasteiger partial charge in [-0.15, -0.1) is 0 Å². The van der Waals surface area contributed by atoms with Crippen LogP contribution in [0.4, 0.5) is 5.82 Å². The van der Waals surface area contributed by atoms with Crippen LogP contribution in [0.5, 0.6) is 11.8 Å². The van der Waals surface area contributed by atoms with E-state index in [0.717, 1.165) is 54.0 Å². The van der Waals surface area contributed by atoms with Crippen LogP contribution in [-0.4, -0.2) is 34.6 Å². The number of aromatic nitrogens is 2. The highest BCUT2D eigenvalue weighted by Crippen LogP contribution is 2.33. The normalized spacial score (nSPS) is 14.9. The third-order valence-electron chi connectivity index (χ3n) is 7.13. The van der Waals surface area contributed by atoms with Gasteiger partial charge in [0.25, 0.3) is 0 Å². The molecule has 218 valence electrons. The van der Waals surface area contributed by atoms with Crippen molar-refractivity contribution in [2.45, 2.75) is 58.8 Å². The molecule has 42 heavy (non-hydrogen) atoms. The lowest BCUT2D eigenvalue weighted by Gasteiger charge is -2.20. The van der Waals surface area contributed by atoms with Crippen molar-refractivity contribution in [3.05, 3.63) is 102 Å². The Morgan fingerprint density at radius 1 is 0.881 bits per heavy atom. The molecule has 2 aromatic heterocycles. The Morgan fingerprint density at radius 3 is 2.21 bits per heavy atom. The molecule has 1 fully saturated rings. The van der Waals surface area contributed by atoms with Crippen molar-refractivity contribution in [3.63, 3.8) is 0 Å². The number of pyridine rings is 2. The minimum Gasteiger partial charge on any atom is -0.473 e. The zero-order valence-electron chi connectivity index (χ0n) is 24.7. The molecule has 1 aliphatic rings. The fourth-order valence-corrected chi connectivity index (χ4v) is 5.01. The predicted molar refractivity (Wildman–Crippen MR) is 164 cm³/mol. The minimum atomic E-state index is -0.443. The number of anilines is 1. The molecule has 7 heteroatoms. The molecule has 0 aliphatic carbocycles. The highest BCUT2D eigenvalue weighted by atomic mass is 16.6. The Morgan fingerprint density at radius 2 is 1.57 bits per heavy atom. The second-order valence-electron chi connectivity index (χ2n) is 11.7. The summed E-state index contributed by atoms with van der Waals surface area (Å²) in [4.78, 5) is 23.9. The molecule has 1 atom stereocenters. The van der Waals surface area contributed by atoms with E-state index in [1.165, 1.54) is 0 Å². The van der Waals surface area contributed by atoms with Crippen molar-refractivity contribution in [3.8, 4) is 22.9 Å². The molecule has 0 N–H and O–H groups in total. The molecule has 0 bridgehead atoms. The van der Waals surface area contributed by atoms with E-state index in [1.54, 1.807) is 0 Å². The van der Waals surface area contributed by atoms with Crippen molar-refractivity contribution >= 4 is 11.8 Å². The van der Waals surface area contributed by atoms with Gasteiger partial charge in [-0.05, 0) is 68.9 Å². The van der Waals surface area contributed by atoms with Gasteiger partial charge in [-0.3, -0.25) is 4.79 Å². The summed E-state index contributed by atoms with van der Waals surface area (Å²) in [6.45, 7) is 8.34. The van der Waals surface area contributed by atoms with Gasteiger partial charge in [-0.2, -0.15) is 4.98 Å². The lowest BCUT2D eigenvalue weighted by atomic mass is 10.0. The largest absolute Gasteiger partial charge is 0.473 e. The topological polar surface area (TPSA) is 73.8 Å². The van der Waals surface area contributed by atoms with Crippen molar-refractivity contribution in [1.82, 2.24) is 9.97 Å². The Hall–Kier alpha value is -4.39. The number of hydrogen-bond acceptors (Lipinski definition) is 7. The van der Waals surface area contributed by atoms with Crippen LogP contribution in [0.3, 0.4) is 0 Å². The average molecular weight is 566 g/mol. The summed E-state index contributed by atoms with van der Waals surface area (Å²) >= 11 is 0. The Labute approximate surface area is 248 Å². The van der Waals surface area contributed by atoms with Crippen LogP contribution in [0.25, 0.3) is 11.1 Å². The molecule has 0 amide bonds. The lowest BCUT2D eigenvalue weighted by Crippen LogP contribution is -2.24. The average Bonchev–Trinajstić information content (AvgIpc) is 3.48. The van der Waals surface area contributed by atoms with E-state index in [9.17, 15) is 4.79 Å². The van der Waals surface area contributed by atoms with Gasteiger partial charge in [0.1, 0.15) is 24.6 Å². The molecule has 1 aliphatic heterocycles. The summed E-state index contributed by atoms with van der Waals surface area (Å²) in [5.74, 6) is 2.26. The molecule has 2 aromatic carbocycles. The van der Waals surface area contributed by atoms with Crippen LogP contribution >= 0.6 is 0 Å². The maximum absolute atomic E-state index is 12.1. The summed E-state index contributed by atoms with van der Waals surface area (Å²) < 4.78 is 17.7. The van der Waals surface area contributed by atoms with E-state index in [0.29, 0.717) is 37.3 Å². The summed E-state index contributed by atoms with van der Waals surface area (Å²) in [5, 5.41) is 0. The number of rotatable bonds is 11. The number of hydrogen-bond donors (Lipinski definition) is 0. The smallest absolute Gasteiger partial charge is 0.306 e. The molecule has 5 rings (SSSR count). The highest BCUT2D eigenvalue weighted by Gasteiger charge is 2.25. The van der Waals surface area contributed by atoms with Gasteiger partial charge in [0.05, 0.1) is 0 Å². The van der Waals surface area contributed by atoms with Crippen LogP contribution in [0, 0.1) is 5.92 Å². The first-order valence-electron chi connectivity index (χ1n) is 14.6. The van der Waals surface area contributed by atoms with E-state index in [-0.39, 0.29) is 5.97 Å². The molecule has 7 nitrogen and oxygen atoms in total. The minimum absolute atomic E-state index is 0.126. The molecule has 1 unspecified atom stereocenters. The molecule has 0 saturated carbocycles.